The van der Waals surface area contributed by atoms with Gasteiger partial charge in [0, 0.05) is 23.3 Å². The average molecular weight is 269 g/mol. The van der Waals surface area contributed by atoms with E-state index in [9.17, 15) is 0 Å². The number of anilines is 2. The van der Waals surface area contributed by atoms with Crippen LogP contribution in [0.15, 0.2) is 30.5 Å². The fourth-order valence-electron chi connectivity index (χ4n) is 3.07. The molecule has 20 heavy (non-hydrogen) atoms. The van der Waals surface area contributed by atoms with Gasteiger partial charge >= 0.3 is 0 Å². The molecule has 1 aromatic heterocycles. The zero-order valence-electron chi connectivity index (χ0n) is 12.3. The molecule has 0 atom stereocenters. The summed E-state index contributed by atoms with van der Waals surface area (Å²) in [5.41, 5.74) is 9.41. The Kier molecular flexibility index (Phi) is 3.28. The van der Waals surface area contributed by atoms with Gasteiger partial charge in [0.25, 0.3) is 0 Å². The zero-order valence-corrected chi connectivity index (χ0v) is 12.3. The van der Waals surface area contributed by atoms with Crippen LogP contribution in [0.4, 0.5) is 11.4 Å². The summed E-state index contributed by atoms with van der Waals surface area (Å²) in [6, 6.07) is 8.55. The standard InChI is InChI=1S/C17H23N3/c1-17(2)9-7-12(8-10-17)20-15-6-5-14(18)13-4-3-11-19-16(13)15/h3-6,11-12,20H,7-10,18H2,1-2H3. The van der Waals surface area contributed by atoms with Gasteiger partial charge in [-0.15, -0.1) is 0 Å². The second kappa shape index (κ2) is 4.97. The molecule has 0 saturated heterocycles. The van der Waals surface area contributed by atoms with Crippen molar-refractivity contribution < 1.29 is 0 Å². The van der Waals surface area contributed by atoms with Gasteiger partial charge in [0.05, 0.1) is 11.2 Å². The van der Waals surface area contributed by atoms with Crippen LogP contribution in [0.2, 0.25) is 0 Å². The lowest BCUT2D eigenvalue weighted by molar-refractivity contribution is 0.232. The SMILES string of the molecule is CC1(C)CCC(Nc2ccc(N)c3cccnc23)CC1. The van der Waals surface area contributed by atoms with E-state index in [0.29, 0.717) is 11.5 Å². The highest BCUT2D eigenvalue weighted by molar-refractivity contribution is 5.98. The summed E-state index contributed by atoms with van der Waals surface area (Å²) in [6.07, 6.45) is 6.85. The first-order valence-corrected chi connectivity index (χ1v) is 7.45. The molecule has 0 amide bonds. The van der Waals surface area contributed by atoms with Crippen molar-refractivity contribution in [3.8, 4) is 0 Å². The number of rotatable bonds is 2. The number of nitrogens with zero attached hydrogens (tertiary/aromatic N) is 1. The smallest absolute Gasteiger partial charge is 0.0953 e. The van der Waals surface area contributed by atoms with Crippen LogP contribution in [0.3, 0.4) is 0 Å². The Labute approximate surface area is 120 Å². The van der Waals surface area contributed by atoms with E-state index in [2.05, 4.69) is 30.2 Å². The number of hydrogen-bond donors (Lipinski definition) is 2. The molecule has 0 bridgehead atoms. The lowest BCUT2D eigenvalue weighted by Gasteiger charge is -2.35. The molecule has 3 heteroatoms. The summed E-state index contributed by atoms with van der Waals surface area (Å²) in [6.45, 7) is 4.73. The molecule has 3 N–H and O–H groups in total. The molecular formula is C17H23N3. The van der Waals surface area contributed by atoms with Gasteiger partial charge in [-0.3, -0.25) is 4.98 Å². The number of pyridine rings is 1. The first-order valence-electron chi connectivity index (χ1n) is 7.45. The normalized spacial score (nSPS) is 19.1. The van der Waals surface area contributed by atoms with Crippen molar-refractivity contribution in [2.75, 3.05) is 11.1 Å². The molecule has 3 nitrogen and oxygen atoms in total. The van der Waals surface area contributed by atoms with E-state index >= 15 is 0 Å². The van der Waals surface area contributed by atoms with Crippen molar-refractivity contribution in [3.05, 3.63) is 30.5 Å². The van der Waals surface area contributed by atoms with Gasteiger partial charge in [-0.2, -0.15) is 0 Å². The zero-order chi connectivity index (χ0) is 14.2. The van der Waals surface area contributed by atoms with Gasteiger partial charge in [-0.05, 0) is 55.4 Å². The Hall–Kier alpha value is -1.77. The van der Waals surface area contributed by atoms with Crippen LogP contribution in [0.5, 0.6) is 0 Å². The summed E-state index contributed by atoms with van der Waals surface area (Å²) >= 11 is 0. The second-order valence-corrected chi connectivity index (χ2v) is 6.68. The van der Waals surface area contributed by atoms with E-state index in [4.69, 9.17) is 5.73 Å². The van der Waals surface area contributed by atoms with Crippen molar-refractivity contribution in [2.24, 2.45) is 5.41 Å². The maximum Gasteiger partial charge on any atom is 0.0953 e. The number of nitrogens with two attached hydrogens (primary N) is 1. The molecule has 1 aliphatic carbocycles. The van der Waals surface area contributed by atoms with Crippen LogP contribution in [-0.4, -0.2) is 11.0 Å². The third-order valence-electron chi connectivity index (χ3n) is 4.50. The Balaban J connectivity index is 1.83. The average Bonchev–Trinajstić information content (AvgIpc) is 2.44. The summed E-state index contributed by atoms with van der Waals surface area (Å²) in [4.78, 5) is 4.49. The lowest BCUT2D eigenvalue weighted by Crippen LogP contribution is -2.29. The Bertz CT molecular complexity index is 609. The van der Waals surface area contributed by atoms with Crippen LogP contribution in [0, 0.1) is 5.41 Å². The molecule has 1 aromatic carbocycles. The number of aromatic nitrogens is 1. The molecule has 2 aromatic rings. The van der Waals surface area contributed by atoms with Crippen molar-refractivity contribution in [1.29, 1.82) is 0 Å². The third-order valence-corrected chi connectivity index (χ3v) is 4.50. The molecule has 0 spiro atoms. The highest BCUT2D eigenvalue weighted by Crippen LogP contribution is 2.37. The molecular weight excluding hydrogens is 246 g/mol. The van der Waals surface area contributed by atoms with Gasteiger partial charge in [0.2, 0.25) is 0 Å². The molecule has 1 aliphatic rings. The minimum atomic E-state index is 0.500. The third kappa shape index (κ3) is 2.58. The predicted molar refractivity (Wildman–Crippen MR) is 85.8 cm³/mol. The van der Waals surface area contributed by atoms with E-state index in [-0.39, 0.29) is 0 Å². The largest absolute Gasteiger partial charge is 0.398 e. The molecule has 0 radical (unpaired) electrons. The topological polar surface area (TPSA) is 50.9 Å². The Morgan fingerprint density at radius 3 is 2.70 bits per heavy atom. The minimum absolute atomic E-state index is 0.500. The Morgan fingerprint density at radius 2 is 1.95 bits per heavy atom. The monoisotopic (exact) mass is 269 g/mol. The first kappa shape index (κ1) is 13.2. The summed E-state index contributed by atoms with van der Waals surface area (Å²) < 4.78 is 0. The van der Waals surface area contributed by atoms with Crippen LogP contribution in [0.25, 0.3) is 10.9 Å². The second-order valence-electron chi connectivity index (χ2n) is 6.68. The van der Waals surface area contributed by atoms with E-state index in [1.54, 1.807) is 0 Å². The highest BCUT2D eigenvalue weighted by atomic mass is 14.9. The first-order chi connectivity index (χ1) is 9.55. The fraction of sp³-hybridized carbons (Fsp3) is 0.471. The van der Waals surface area contributed by atoms with E-state index in [1.807, 2.05) is 24.4 Å². The Morgan fingerprint density at radius 1 is 1.20 bits per heavy atom. The molecule has 0 unspecified atom stereocenters. The van der Waals surface area contributed by atoms with Crippen LogP contribution in [-0.2, 0) is 0 Å². The van der Waals surface area contributed by atoms with Gasteiger partial charge in [0.15, 0.2) is 0 Å². The summed E-state index contributed by atoms with van der Waals surface area (Å²) in [5, 5.41) is 4.71. The van der Waals surface area contributed by atoms with E-state index < -0.39 is 0 Å². The van der Waals surface area contributed by atoms with E-state index in [0.717, 1.165) is 22.3 Å². The predicted octanol–water partition coefficient (Wildman–Crippen LogP) is 4.20. The highest BCUT2D eigenvalue weighted by Gasteiger charge is 2.26. The van der Waals surface area contributed by atoms with Crippen molar-refractivity contribution in [2.45, 2.75) is 45.6 Å². The van der Waals surface area contributed by atoms with Gasteiger partial charge in [-0.25, -0.2) is 0 Å². The van der Waals surface area contributed by atoms with Gasteiger partial charge < -0.3 is 11.1 Å². The molecule has 1 saturated carbocycles. The summed E-state index contributed by atoms with van der Waals surface area (Å²) in [5.74, 6) is 0. The van der Waals surface area contributed by atoms with Gasteiger partial charge in [0.1, 0.15) is 0 Å². The lowest BCUT2D eigenvalue weighted by atomic mass is 9.75. The van der Waals surface area contributed by atoms with Crippen molar-refractivity contribution >= 4 is 22.3 Å². The molecule has 1 fully saturated rings. The number of fused-ring (bicyclic) bond motifs is 1. The van der Waals surface area contributed by atoms with E-state index in [1.165, 1.54) is 25.7 Å². The molecule has 106 valence electrons. The quantitative estimate of drug-likeness (QED) is 0.803. The summed E-state index contributed by atoms with van der Waals surface area (Å²) in [7, 11) is 0. The van der Waals surface area contributed by atoms with Crippen LogP contribution >= 0.6 is 0 Å². The van der Waals surface area contributed by atoms with Crippen molar-refractivity contribution in [3.63, 3.8) is 0 Å². The number of nitrogens with one attached hydrogen (secondary N) is 1. The minimum Gasteiger partial charge on any atom is -0.398 e. The van der Waals surface area contributed by atoms with Gasteiger partial charge in [-0.1, -0.05) is 13.8 Å². The number of nitrogen functional groups attached to an aromatic ring is 1. The van der Waals surface area contributed by atoms with Crippen molar-refractivity contribution in [1.82, 2.24) is 4.98 Å². The van der Waals surface area contributed by atoms with Crippen LogP contribution in [0.1, 0.15) is 39.5 Å². The number of hydrogen-bond acceptors (Lipinski definition) is 3. The molecule has 3 rings (SSSR count). The maximum atomic E-state index is 6.03. The fourth-order valence-corrected chi connectivity index (χ4v) is 3.07. The maximum absolute atomic E-state index is 6.03. The molecule has 1 heterocycles. The molecule has 0 aliphatic heterocycles. The number of benzene rings is 1. The van der Waals surface area contributed by atoms with Crippen LogP contribution < -0.4 is 11.1 Å².